The van der Waals surface area contributed by atoms with Crippen LogP contribution in [0.4, 0.5) is 5.13 Å². The van der Waals surface area contributed by atoms with Crippen LogP contribution in [0.5, 0.6) is 0 Å². The summed E-state index contributed by atoms with van der Waals surface area (Å²) < 4.78 is 0. The van der Waals surface area contributed by atoms with Crippen molar-refractivity contribution in [3.63, 3.8) is 0 Å². The SMILES string of the molecule is CCNc1nnc(CN(C)C(C)C(C)(C)C)s1. The van der Waals surface area contributed by atoms with Crippen LogP contribution in [-0.4, -0.2) is 34.7 Å². The maximum atomic E-state index is 4.20. The molecule has 0 aliphatic rings. The minimum Gasteiger partial charge on any atom is -0.360 e. The molecule has 1 rings (SSSR count). The number of nitrogens with one attached hydrogen (secondary N) is 1. The highest BCUT2D eigenvalue weighted by Gasteiger charge is 2.24. The van der Waals surface area contributed by atoms with Gasteiger partial charge in [0.15, 0.2) is 0 Å². The van der Waals surface area contributed by atoms with Crippen LogP contribution in [-0.2, 0) is 6.54 Å². The van der Waals surface area contributed by atoms with E-state index < -0.39 is 0 Å². The molecular weight excluding hydrogens is 232 g/mol. The molecule has 1 aromatic heterocycles. The molecule has 0 saturated heterocycles. The molecule has 1 N–H and O–H groups in total. The van der Waals surface area contributed by atoms with Gasteiger partial charge in [-0.15, -0.1) is 10.2 Å². The lowest BCUT2D eigenvalue weighted by Gasteiger charge is -2.34. The molecule has 1 heterocycles. The van der Waals surface area contributed by atoms with E-state index in [2.05, 4.69) is 62.1 Å². The summed E-state index contributed by atoms with van der Waals surface area (Å²) in [6.45, 7) is 12.9. The molecule has 4 nitrogen and oxygen atoms in total. The molecule has 0 aliphatic carbocycles. The predicted molar refractivity (Wildman–Crippen MR) is 74.5 cm³/mol. The highest BCUT2D eigenvalue weighted by Crippen LogP contribution is 2.25. The van der Waals surface area contributed by atoms with Crippen LogP contribution in [0, 0.1) is 5.41 Å². The Kier molecular flexibility index (Phi) is 4.89. The molecule has 1 atom stereocenters. The molecule has 0 fully saturated rings. The monoisotopic (exact) mass is 256 g/mol. The van der Waals surface area contributed by atoms with E-state index in [-0.39, 0.29) is 5.41 Å². The van der Waals surface area contributed by atoms with E-state index in [0.717, 1.165) is 23.2 Å². The summed E-state index contributed by atoms with van der Waals surface area (Å²) >= 11 is 1.64. The summed E-state index contributed by atoms with van der Waals surface area (Å²) in [4.78, 5) is 2.33. The zero-order chi connectivity index (χ0) is 13.1. The summed E-state index contributed by atoms with van der Waals surface area (Å²) in [7, 11) is 2.14. The number of anilines is 1. The lowest BCUT2D eigenvalue weighted by Crippen LogP contribution is -2.38. The van der Waals surface area contributed by atoms with Gasteiger partial charge in [0.25, 0.3) is 0 Å². The molecule has 0 aliphatic heterocycles. The Balaban J connectivity index is 2.58. The minimum atomic E-state index is 0.282. The average Bonchev–Trinajstić information content (AvgIpc) is 2.63. The van der Waals surface area contributed by atoms with Crippen molar-refractivity contribution in [3.05, 3.63) is 5.01 Å². The first-order valence-electron chi connectivity index (χ1n) is 6.11. The smallest absolute Gasteiger partial charge is 0.205 e. The third-order valence-electron chi connectivity index (χ3n) is 3.09. The van der Waals surface area contributed by atoms with Crippen molar-refractivity contribution >= 4 is 16.5 Å². The lowest BCUT2D eigenvalue weighted by atomic mass is 9.87. The molecule has 1 aromatic rings. The Bertz CT molecular complexity index is 343. The maximum Gasteiger partial charge on any atom is 0.205 e. The fourth-order valence-corrected chi connectivity index (χ4v) is 2.42. The highest BCUT2D eigenvalue weighted by molar-refractivity contribution is 7.15. The van der Waals surface area contributed by atoms with E-state index in [0.29, 0.717) is 6.04 Å². The quantitative estimate of drug-likeness (QED) is 0.879. The summed E-state index contributed by atoms with van der Waals surface area (Å²) in [6.07, 6.45) is 0. The fraction of sp³-hybridized carbons (Fsp3) is 0.833. The van der Waals surface area contributed by atoms with Gasteiger partial charge < -0.3 is 5.32 Å². The second kappa shape index (κ2) is 5.78. The molecule has 0 spiro atoms. The van der Waals surface area contributed by atoms with Crippen LogP contribution in [0.25, 0.3) is 0 Å². The van der Waals surface area contributed by atoms with E-state index in [1.807, 2.05) is 0 Å². The predicted octanol–water partition coefficient (Wildman–Crippen LogP) is 2.84. The molecular formula is C12H24N4S. The van der Waals surface area contributed by atoms with Gasteiger partial charge in [-0.3, -0.25) is 4.90 Å². The minimum absolute atomic E-state index is 0.282. The molecule has 0 saturated carbocycles. The summed E-state index contributed by atoms with van der Waals surface area (Å²) in [6, 6.07) is 0.508. The molecule has 17 heavy (non-hydrogen) atoms. The molecule has 1 unspecified atom stereocenters. The second-order valence-corrected chi connectivity index (χ2v) is 6.55. The van der Waals surface area contributed by atoms with Crippen molar-refractivity contribution in [2.24, 2.45) is 5.41 Å². The van der Waals surface area contributed by atoms with E-state index >= 15 is 0 Å². The van der Waals surface area contributed by atoms with Crippen LogP contribution >= 0.6 is 11.3 Å². The average molecular weight is 256 g/mol. The maximum absolute atomic E-state index is 4.20. The van der Waals surface area contributed by atoms with Gasteiger partial charge >= 0.3 is 0 Å². The Morgan fingerprint density at radius 1 is 1.35 bits per heavy atom. The third-order valence-corrected chi connectivity index (χ3v) is 3.96. The number of rotatable bonds is 5. The van der Waals surface area contributed by atoms with Crippen LogP contribution in [0.15, 0.2) is 0 Å². The fourth-order valence-electron chi connectivity index (χ4n) is 1.55. The van der Waals surface area contributed by atoms with Gasteiger partial charge in [-0.05, 0) is 26.3 Å². The molecule has 0 aromatic carbocycles. The van der Waals surface area contributed by atoms with E-state index in [1.54, 1.807) is 11.3 Å². The van der Waals surface area contributed by atoms with Gasteiger partial charge in [0.2, 0.25) is 5.13 Å². The Hall–Kier alpha value is -0.680. The molecule has 0 amide bonds. The van der Waals surface area contributed by atoms with E-state index in [1.165, 1.54) is 0 Å². The molecule has 98 valence electrons. The molecule has 0 bridgehead atoms. The number of hydrogen-bond donors (Lipinski definition) is 1. The van der Waals surface area contributed by atoms with Gasteiger partial charge in [0, 0.05) is 12.6 Å². The number of aromatic nitrogens is 2. The van der Waals surface area contributed by atoms with Crippen molar-refractivity contribution in [2.75, 3.05) is 18.9 Å². The van der Waals surface area contributed by atoms with Gasteiger partial charge in [0.1, 0.15) is 5.01 Å². The molecule has 0 radical (unpaired) electrons. The van der Waals surface area contributed by atoms with Crippen LogP contribution in [0.2, 0.25) is 0 Å². The topological polar surface area (TPSA) is 41.1 Å². The summed E-state index contributed by atoms with van der Waals surface area (Å²) in [5.41, 5.74) is 0.282. The third kappa shape index (κ3) is 4.24. The van der Waals surface area contributed by atoms with Gasteiger partial charge in [0.05, 0.1) is 6.54 Å². The van der Waals surface area contributed by atoms with Crippen LogP contribution < -0.4 is 5.32 Å². The standard InChI is InChI=1S/C12H24N4S/c1-7-13-11-15-14-10(17-11)8-16(6)9(2)12(3,4)5/h9H,7-8H2,1-6H3,(H,13,15). The number of hydrogen-bond acceptors (Lipinski definition) is 5. The van der Waals surface area contributed by atoms with Crippen molar-refractivity contribution in [1.29, 1.82) is 0 Å². The van der Waals surface area contributed by atoms with E-state index in [4.69, 9.17) is 0 Å². The second-order valence-electron chi connectivity index (χ2n) is 5.49. The summed E-state index contributed by atoms with van der Waals surface area (Å²) in [5.74, 6) is 0. The van der Waals surface area contributed by atoms with Gasteiger partial charge in [-0.25, -0.2) is 0 Å². The number of nitrogens with zero attached hydrogens (tertiary/aromatic N) is 3. The van der Waals surface area contributed by atoms with Crippen molar-refractivity contribution < 1.29 is 0 Å². The Morgan fingerprint density at radius 3 is 2.53 bits per heavy atom. The van der Waals surface area contributed by atoms with Gasteiger partial charge in [-0.2, -0.15) is 0 Å². The zero-order valence-corrected chi connectivity index (χ0v) is 12.6. The molecule has 5 heteroatoms. The normalized spacial score (nSPS) is 14.1. The first kappa shape index (κ1) is 14.4. The first-order chi connectivity index (χ1) is 7.84. The largest absolute Gasteiger partial charge is 0.360 e. The highest BCUT2D eigenvalue weighted by atomic mass is 32.1. The van der Waals surface area contributed by atoms with Crippen molar-refractivity contribution in [2.45, 2.75) is 47.2 Å². The lowest BCUT2D eigenvalue weighted by molar-refractivity contribution is 0.134. The van der Waals surface area contributed by atoms with Crippen molar-refractivity contribution in [3.8, 4) is 0 Å². The van der Waals surface area contributed by atoms with E-state index in [9.17, 15) is 0 Å². The summed E-state index contributed by atoms with van der Waals surface area (Å²) in [5, 5.41) is 13.5. The van der Waals surface area contributed by atoms with Gasteiger partial charge in [-0.1, -0.05) is 32.1 Å². The first-order valence-corrected chi connectivity index (χ1v) is 6.92. The van der Waals surface area contributed by atoms with Crippen LogP contribution in [0.1, 0.15) is 39.6 Å². The zero-order valence-electron chi connectivity index (χ0n) is 11.7. The Labute approximate surface area is 108 Å². The van der Waals surface area contributed by atoms with Crippen LogP contribution in [0.3, 0.4) is 0 Å². The Morgan fingerprint density at radius 2 is 2.00 bits per heavy atom. The van der Waals surface area contributed by atoms with Crippen molar-refractivity contribution in [1.82, 2.24) is 15.1 Å².